The highest BCUT2D eigenvalue weighted by molar-refractivity contribution is 5.89. The zero-order valence-electron chi connectivity index (χ0n) is 15.2. The number of carbonyl (C=O) groups is 1. The number of anilines is 2. The highest BCUT2D eigenvalue weighted by Gasteiger charge is 2.17. The fourth-order valence-corrected chi connectivity index (χ4v) is 2.58. The molecule has 0 aliphatic heterocycles. The van der Waals surface area contributed by atoms with Gasteiger partial charge in [-0.25, -0.2) is 14.2 Å². The lowest BCUT2D eigenvalue weighted by atomic mass is 10.2. The summed E-state index contributed by atoms with van der Waals surface area (Å²) < 4.78 is 6.22. The summed E-state index contributed by atoms with van der Waals surface area (Å²) in [5.74, 6) is 0. The Morgan fingerprint density at radius 1 is 1.11 bits per heavy atom. The minimum Gasteiger partial charge on any atom is -0.444 e. The Morgan fingerprint density at radius 3 is 2.41 bits per heavy atom. The largest absolute Gasteiger partial charge is 0.444 e. The Kier molecular flexibility index (Phi) is 4.49. The lowest BCUT2D eigenvalue weighted by Crippen LogP contribution is -2.33. The molecule has 0 unspecified atom stereocenters. The number of H-pyrrole nitrogens is 1. The Labute approximate surface area is 154 Å². The highest BCUT2D eigenvalue weighted by Crippen LogP contribution is 2.16. The molecule has 8 nitrogen and oxygen atoms in total. The number of fused-ring (bicyclic) bond motifs is 1. The molecule has 3 aromatic rings. The Balaban J connectivity index is 2.01. The van der Waals surface area contributed by atoms with E-state index in [0.29, 0.717) is 28.0 Å². The third-order valence-corrected chi connectivity index (χ3v) is 3.69. The summed E-state index contributed by atoms with van der Waals surface area (Å²) in [7, 11) is 0. The summed E-state index contributed by atoms with van der Waals surface area (Å²) in [6, 6.07) is 11.0. The van der Waals surface area contributed by atoms with Crippen LogP contribution in [0.1, 0.15) is 20.8 Å². The van der Waals surface area contributed by atoms with Gasteiger partial charge in [-0.3, -0.25) is 10.1 Å². The summed E-state index contributed by atoms with van der Waals surface area (Å²) in [4.78, 5) is 39.7. The number of hydrogen-bond donors (Lipinski definition) is 3. The SMILES string of the molecule is CC(C)(C)OC(=O)Nc1ccc2c(=O)n(-c3ccc(N)cc3)c(=O)[nH]c2c1. The number of nitrogens with one attached hydrogen (secondary N) is 2. The van der Waals surface area contributed by atoms with Crippen LogP contribution in [0.2, 0.25) is 0 Å². The van der Waals surface area contributed by atoms with Gasteiger partial charge in [-0.2, -0.15) is 0 Å². The van der Waals surface area contributed by atoms with Gasteiger partial charge >= 0.3 is 11.8 Å². The van der Waals surface area contributed by atoms with Crippen LogP contribution in [0.15, 0.2) is 52.1 Å². The van der Waals surface area contributed by atoms with E-state index >= 15 is 0 Å². The van der Waals surface area contributed by atoms with Gasteiger partial charge in [-0.15, -0.1) is 0 Å². The van der Waals surface area contributed by atoms with Crippen LogP contribution in [0.4, 0.5) is 16.2 Å². The topological polar surface area (TPSA) is 119 Å². The van der Waals surface area contributed by atoms with Crippen molar-refractivity contribution in [3.05, 3.63) is 63.3 Å². The van der Waals surface area contributed by atoms with Crippen molar-refractivity contribution in [3.8, 4) is 5.69 Å². The first-order valence-electron chi connectivity index (χ1n) is 8.29. The second-order valence-electron chi connectivity index (χ2n) is 7.05. The molecule has 2 aromatic carbocycles. The maximum Gasteiger partial charge on any atom is 0.412 e. The number of ether oxygens (including phenoxy) is 1. The number of nitrogens with zero attached hydrogens (tertiary/aromatic N) is 1. The van der Waals surface area contributed by atoms with Crippen molar-refractivity contribution < 1.29 is 9.53 Å². The van der Waals surface area contributed by atoms with E-state index in [1.165, 1.54) is 12.1 Å². The molecular weight excluding hydrogens is 348 g/mol. The van der Waals surface area contributed by atoms with E-state index in [1.807, 2.05) is 0 Å². The standard InChI is InChI=1S/C19H20N4O4/c1-19(2,3)27-18(26)21-12-6-9-14-15(10-12)22-17(25)23(16(14)24)13-7-4-11(20)5-8-13/h4-10H,20H2,1-3H3,(H,21,26)(H,22,25). The molecule has 27 heavy (non-hydrogen) atoms. The summed E-state index contributed by atoms with van der Waals surface area (Å²) in [6.07, 6.45) is -0.626. The summed E-state index contributed by atoms with van der Waals surface area (Å²) in [5.41, 5.74) is 5.60. The Hall–Kier alpha value is -3.55. The molecule has 0 saturated heterocycles. The van der Waals surface area contributed by atoms with Crippen LogP contribution in [0.3, 0.4) is 0 Å². The first-order valence-corrected chi connectivity index (χ1v) is 8.29. The second kappa shape index (κ2) is 6.64. The molecule has 0 spiro atoms. The molecule has 0 aliphatic carbocycles. The summed E-state index contributed by atoms with van der Waals surface area (Å²) in [6.45, 7) is 5.26. The molecular formula is C19H20N4O4. The van der Waals surface area contributed by atoms with Crippen molar-refractivity contribution in [3.63, 3.8) is 0 Å². The van der Waals surface area contributed by atoms with Crippen molar-refractivity contribution in [2.75, 3.05) is 11.1 Å². The molecule has 1 heterocycles. The number of rotatable bonds is 2. The van der Waals surface area contributed by atoms with E-state index in [2.05, 4.69) is 10.3 Å². The Bertz CT molecular complexity index is 1120. The van der Waals surface area contributed by atoms with Gasteiger partial charge in [0.2, 0.25) is 0 Å². The van der Waals surface area contributed by atoms with Gasteiger partial charge in [-0.1, -0.05) is 0 Å². The van der Waals surface area contributed by atoms with Crippen molar-refractivity contribution in [1.29, 1.82) is 0 Å². The minimum absolute atomic E-state index is 0.307. The molecule has 8 heteroatoms. The van der Waals surface area contributed by atoms with Gasteiger partial charge in [0.25, 0.3) is 5.56 Å². The molecule has 0 bridgehead atoms. The third-order valence-electron chi connectivity index (χ3n) is 3.69. The second-order valence-corrected chi connectivity index (χ2v) is 7.05. The van der Waals surface area contributed by atoms with Crippen LogP contribution < -0.4 is 22.3 Å². The number of hydrogen-bond acceptors (Lipinski definition) is 5. The van der Waals surface area contributed by atoms with E-state index in [9.17, 15) is 14.4 Å². The normalized spacial score (nSPS) is 11.4. The number of benzene rings is 2. The molecule has 1 amide bonds. The van der Waals surface area contributed by atoms with Crippen LogP contribution in [0.5, 0.6) is 0 Å². The molecule has 0 aliphatic rings. The van der Waals surface area contributed by atoms with Gasteiger partial charge in [-0.05, 0) is 63.2 Å². The maximum atomic E-state index is 12.8. The molecule has 0 saturated carbocycles. The van der Waals surface area contributed by atoms with Crippen LogP contribution in [-0.2, 0) is 4.74 Å². The molecule has 0 radical (unpaired) electrons. The number of carbonyl (C=O) groups excluding carboxylic acids is 1. The molecule has 4 N–H and O–H groups in total. The third kappa shape index (κ3) is 4.00. The maximum absolute atomic E-state index is 12.8. The zero-order valence-corrected chi connectivity index (χ0v) is 15.2. The summed E-state index contributed by atoms with van der Waals surface area (Å²) in [5, 5.41) is 2.88. The van der Waals surface area contributed by atoms with Crippen LogP contribution >= 0.6 is 0 Å². The first kappa shape index (κ1) is 18.2. The lowest BCUT2D eigenvalue weighted by Gasteiger charge is -2.19. The highest BCUT2D eigenvalue weighted by atomic mass is 16.6. The van der Waals surface area contributed by atoms with Crippen LogP contribution in [0.25, 0.3) is 16.6 Å². The monoisotopic (exact) mass is 368 g/mol. The van der Waals surface area contributed by atoms with E-state index in [-0.39, 0.29) is 0 Å². The van der Waals surface area contributed by atoms with Crippen molar-refractivity contribution >= 4 is 28.4 Å². The van der Waals surface area contributed by atoms with E-state index in [1.54, 1.807) is 51.1 Å². The first-order chi connectivity index (χ1) is 12.6. The zero-order chi connectivity index (χ0) is 19.8. The predicted molar refractivity (Wildman–Crippen MR) is 104 cm³/mol. The molecule has 140 valence electrons. The van der Waals surface area contributed by atoms with Crippen molar-refractivity contribution in [1.82, 2.24) is 9.55 Å². The number of nitrogens with two attached hydrogens (primary N) is 1. The van der Waals surface area contributed by atoms with E-state index in [0.717, 1.165) is 4.57 Å². The number of nitrogen functional groups attached to an aromatic ring is 1. The van der Waals surface area contributed by atoms with E-state index < -0.39 is 22.9 Å². The average Bonchev–Trinajstić information content (AvgIpc) is 2.54. The Morgan fingerprint density at radius 2 is 1.78 bits per heavy atom. The lowest BCUT2D eigenvalue weighted by molar-refractivity contribution is 0.0636. The fourth-order valence-electron chi connectivity index (χ4n) is 2.58. The molecule has 0 fully saturated rings. The van der Waals surface area contributed by atoms with Crippen LogP contribution in [-0.4, -0.2) is 21.2 Å². The quantitative estimate of drug-likeness (QED) is 0.601. The molecule has 3 rings (SSSR count). The van der Waals surface area contributed by atoms with Crippen molar-refractivity contribution in [2.45, 2.75) is 26.4 Å². The molecule has 0 atom stereocenters. The van der Waals surface area contributed by atoms with Crippen molar-refractivity contribution in [2.24, 2.45) is 0 Å². The van der Waals surface area contributed by atoms with Gasteiger partial charge in [0.05, 0.1) is 16.6 Å². The van der Waals surface area contributed by atoms with Gasteiger partial charge < -0.3 is 15.5 Å². The van der Waals surface area contributed by atoms with E-state index in [4.69, 9.17) is 10.5 Å². The number of aromatic nitrogens is 2. The smallest absolute Gasteiger partial charge is 0.412 e. The van der Waals surface area contributed by atoms with Gasteiger partial charge in [0, 0.05) is 11.4 Å². The fraction of sp³-hybridized carbons (Fsp3) is 0.211. The predicted octanol–water partition coefficient (Wildman–Crippen LogP) is 2.61. The van der Waals surface area contributed by atoms with Gasteiger partial charge in [0.15, 0.2) is 0 Å². The molecule has 1 aromatic heterocycles. The number of amides is 1. The minimum atomic E-state index is -0.637. The average molecular weight is 368 g/mol. The van der Waals surface area contributed by atoms with Crippen LogP contribution in [0, 0.1) is 0 Å². The van der Waals surface area contributed by atoms with Gasteiger partial charge in [0.1, 0.15) is 5.60 Å². The summed E-state index contributed by atoms with van der Waals surface area (Å²) >= 11 is 0. The number of aromatic amines is 1.